The van der Waals surface area contributed by atoms with E-state index >= 15 is 0 Å². The molecule has 0 radical (unpaired) electrons. The SMILES string of the molecule is CC(NC(=O)C(C)(C)C)C(=O)NCC1CCC(O)C1. The quantitative estimate of drug-likeness (QED) is 0.707. The van der Waals surface area contributed by atoms with Gasteiger partial charge >= 0.3 is 0 Å². The fourth-order valence-electron chi connectivity index (χ4n) is 2.11. The summed E-state index contributed by atoms with van der Waals surface area (Å²) in [5.74, 6) is 0.0508. The van der Waals surface area contributed by atoms with E-state index in [0.717, 1.165) is 19.3 Å². The van der Waals surface area contributed by atoms with Crippen molar-refractivity contribution in [2.45, 2.75) is 59.1 Å². The van der Waals surface area contributed by atoms with Crippen LogP contribution in [0.1, 0.15) is 47.0 Å². The third kappa shape index (κ3) is 5.19. The number of aliphatic hydroxyl groups is 1. The van der Waals surface area contributed by atoms with Gasteiger partial charge in [0, 0.05) is 12.0 Å². The van der Waals surface area contributed by atoms with E-state index in [4.69, 9.17) is 0 Å². The van der Waals surface area contributed by atoms with Crippen LogP contribution in [0, 0.1) is 11.3 Å². The third-order valence-corrected chi connectivity index (χ3v) is 3.50. The van der Waals surface area contributed by atoms with E-state index < -0.39 is 11.5 Å². The minimum Gasteiger partial charge on any atom is -0.393 e. The molecule has 0 aliphatic heterocycles. The van der Waals surface area contributed by atoms with Crippen LogP contribution in [0.15, 0.2) is 0 Å². The predicted octanol–water partition coefficient (Wildman–Crippen LogP) is 0.814. The van der Waals surface area contributed by atoms with Crippen LogP contribution >= 0.6 is 0 Å². The van der Waals surface area contributed by atoms with E-state index in [1.165, 1.54) is 0 Å². The highest BCUT2D eigenvalue weighted by molar-refractivity contribution is 5.89. The lowest BCUT2D eigenvalue weighted by molar-refractivity contribution is -0.133. The molecule has 1 fully saturated rings. The number of aliphatic hydroxyl groups excluding tert-OH is 1. The fraction of sp³-hybridized carbons (Fsp3) is 0.857. The molecule has 0 aromatic heterocycles. The Hall–Kier alpha value is -1.10. The van der Waals surface area contributed by atoms with Crippen molar-refractivity contribution in [3.05, 3.63) is 0 Å². The lowest BCUT2D eigenvalue weighted by Gasteiger charge is -2.22. The van der Waals surface area contributed by atoms with Crippen molar-refractivity contribution >= 4 is 11.8 Å². The lowest BCUT2D eigenvalue weighted by Crippen LogP contribution is -2.48. The first-order valence-corrected chi connectivity index (χ1v) is 6.97. The zero-order valence-corrected chi connectivity index (χ0v) is 12.3. The average molecular weight is 270 g/mol. The smallest absolute Gasteiger partial charge is 0.242 e. The van der Waals surface area contributed by atoms with Gasteiger partial charge in [0.05, 0.1) is 6.10 Å². The maximum absolute atomic E-state index is 11.9. The molecule has 3 atom stereocenters. The largest absolute Gasteiger partial charge is 0.393 e. The summed E-state index contributed by atoms with van der Waals surface area (Å²) in [5.41, 5.74) is -0.496. The summed E-state index contributed by atoms with van der Waals surface area (Å²) >= 11 is 0. The highest BCUT2D eigenvalue weighted by Crippen LogP contribution is 2.24. The molecule has 1 rings (SSSR count). The van der Waals surface area contributed by atoms with Crippen molar-refractivity contribution in [1.29, 1.82) is 0 Å². The van der Waals surface area contributed by atoms with Crippen LogP contribution in [-0.2, 0) is 9.59 Å². The molecule has 1 aliphatic rings. The van der Waals surface area contributed by atoms with Gasteiger partial charge in [-0.2, -0.15) is 0 Å². The molecule has 0 heterocycles. The second kappa shape index (κ2) is 6.37. The molecule has 3 N–H and O–H groups in total. The average Bonchev–Trinajstić information content (AvgIpc) is 2.70. The Kier molecular flexibility index (Phi) is 5.35. The fourth-order valence-corrected chi connectivity index (χ4v) is 2.11. The maximum Gasteiger partial charge on any atom is 0.242 e. The Morgan fingerprint density at radius 1 is 1.32 bits per heavy atom. The zero-order chi connectivity index (χ0) is 14.6. The first-order valence-electron chi connectivity index (χ1n) is 6.97. The van der Waals surface area contributed by atoms with Crippen LogP contribution in [0.3, 0.4) is 0 Å². The second-order valence-electron chi connectivity index (χ2n) is 6.52. The van der Waals surface area contributed by atoms with Gasteiger partial charge in [0.25, 0.3) is 0 Å². The summed E-state index contributed by atoms with van der Waals surface area (Å²) in [7, 11) is 0. The topological polar surface area (TPSA) is 78.4 Å². The van der Waals surface area contributed by atoms with Gasteiger partial charge < -0.3 is 15.7 Å². The number of carbonyl (C=O) groups excluding carboxylic acids is 2. The first-order chi connectivity index (χ1) is 8.70. The van der Waals surface area contributed by atoms with Gasteiger partial charge in [-0.05, 0) is 32.1 Å². The van der Waals surface area contributed by atoms with Gasteiger partial charge in [-0.15, -0.1) is 0 Å². The summed E-state index contributed by atoms with van der Waals surface area (Å²) in [4.78, 5) is 23.6. The van der Waals surface area contributed by atoms with E-state index in [1.807, 2.05) is 20.8 Å². The highest BCUT2D eigenvalue weighted by atomic mass is 16.3. The Balaban J connectivity index is 2.31. The minimum absolute atomic E-state index is 0.133. The van der Waals surface area contributed by atoms with E-state index in [2.05, 4.69) is 10.6 Å². The van der Waals surface area contributed by atoms with E-state index in [0.29, 0.717) is 12.5 Å². The van der Waals surface area contributed by atoms with Crippen molar-refractivity contribution in [2.75, 3.05) is 6.54 Å². The number of nitrogens with one attached hydrogen (secondary N) is 2. The van der Waals surface area contributed by atoms with E-state index in [1.54, 1.807) is 6.92 Å². The van der Waals surface area contributed by atoms with E-state index in [-0.39, 0.29) is 17.9 Å². The van der Waals surface area contributed by atoms with Gasteiger partial charge in [0.15, 0.2) is 0 Å². The van der Waals surface area contributed by atoms with Crippen LogP contribution in [0.2, 0.25) is 0 Å². The highest BCUT2D eigenvalue weighted by Gasteiger charge is 2.26. The van der Waals surface area contributed by atoms with Crippen LogP contribution in [0.5, 0.6) is 0 Å². The molecular weight excluding hydrogens is 244 g/mol. The minimum atomic E-state index is -0.530. The zero-order valence-electron chi connectivity index (χ0n) is 12.3. The molecule has 0 spiro atoms. The monoisotopic (exact) mass is 270 g/mol. The molecule has 3 unspecified atom stereocenters. The molecule has 0 aromatic rings. The first kappa shape index (κ1) is 16.0. The number of carbonyl (C=O) groups is 2. The summed E-state index contributed by atoms with van der Waals surface area (Å²) < 4.78 is 0. The number of hydrogen-bond donors (Lipinski definition) is 3. The molecule has 19 heavy (non-hydrogen) atoms. The number of rotatable bonds is 4. The van der Waals surface area contributed by atoms with Gasteiger partial charge in [-0.3, -0.25) is 9.59 Å². The Bertz CT molecular complexity index is 336. The predicted molar refractivity (Wildman–Crippen MR) is 73.4 cm³/mol. The van der Waals surface area contributed by atoms with Crippen LogP contribution in [-0.4, -0.2) is 35.6 Å². The molecular formula is C14H26N2O3. The van der Waals surface area contributed by atoms with Gasteiger partial charge in [-0.1, -0.05) is 20.8 Å². The standard InChI is InChI=1S/C14H26N2O3/c1-9(16-13(19)14(2,3)4)12(18)15-8-10-5-6-11(17)7-10/h9-11,17H,5-8H2,1-4H3,(H,15,18)(H,16,19). The molecule has 0 aromatic carbocycles. The normalized spacial score (nSPS) is 24.9. The number of amides is 2. The molecule has 0 bridgehead atoms. The van der Waals surface area contributed by atoms with Crippen molar-refractivity contribution < 1.29 is 14.7 Å². The molecule has 0 saturated heterocycles. The van der Waals surface area contributed by atoms with Crippen molar-refractivity contribution in [2.24, 2.45) is 11.3 Å². The van der Waals surface area contributed by atoms with Gasteiger partial charge in [-0.25, -0.2) is 0 Å². The van der Waals surface area contributed by atoms with Crippen molar-refractivity contribution in [3.63, 3.8) is 0 Å². The van der Waals surface area contributed by atoms with Crippen LogP contribution in [0.4, 0.5) is 0 Å². The summed E-state index contributed by atoms with van der Waals surface area (Å²) in [5, 5.41) is 15.0. The van der Waals surface area contributed by atoms with Gasteiger partial charge in [0.1, 0.15) is 6.04 Å². The van der Waals surface area contributed by atoms with Crippen LogP contribution in [0.25, 0.3) is 0 Å². The molecule has 5 heteroatoms. The molecule has 5 nitrogen and oxygen atoms in total. The molecule has 1 aliphatic carbocycles. The Morgan fingerprint density at radius 2 is 1.95 bits per heavy atom. The molecule has 110 valence electrons. The summed E-state index contributed by atoms with van der Waals surface area (Å²) in [6, 6.07) is -0.530. The van der Waals surface area contributed by atoms with Crippen molar-refractivity contribution in [3.8, 4) is 0 Å². The second-order valence-corrected chi connectivity index (χ2v) is 6.52. The molecule has 2 amide bonds. The molecule has 1 saturated carbocycles. The van der Waals surface area contributed by atoms with Crippen LogP contribution < -0.4 is 10.6 Å². The van der Waals surface area contributed by atoms with Crippen molar-refractivity contribution in [1.82, 2.24) is 10.6 Å². The Labute approximate surface area is 115 Å². The van der Waals surface area contributed by atoms with Gasteiger partial charge in [0.2, 0.25) is 11.8 Å². The van der Waals surface area contributed by atoms with E-state index in [9.17, 15) is 14.7 Å². The summed E-state index contributed by atoms with van der Waals surface area (Å²) in [6.07, 6.45) is 2.30. The Morgan fingerprint density at radius 3 is 2.42 bits per heavy atom. The lowest BCUT2D eigenvalue weighted by atomic mass is 9.95. The third-order valence-electron chi connectivity index (χ3n) is 3.50. The maximum atomic E-state index is 11.9. The summed E-state index contributed by atoms with van der Waals surface area (Å²) in [6.45, 7) is 7.70. The number of hydrogen-bond acceptors (Lipinski definition) is 3.